The van der Waals surface area contributed by atoms with Crippen molar-refractivity contribution in [2.45, 2.75) is 26.7 Å². The van der Waals surface area contributed by atoms with Gasteiger partial charge in [-0.05, 0) is 50.5 Å². The number of hydrogen-bond donors (Lipinski definition) is 3. The Kier molecular flexibility index (Phi) is 11.9. The van der Waals surface area contributed by atoms with Crippen LogP contribution in [-0.4, -0.2) is 56.1 Å². The average molecular weight is 534 g/mol. The molecule has 2 rings (SSSR count). The summed E-state index contributed by atoms with van der Waals surface area (Å²) in [5.41, 5.74) is 2.27. The van der Waals surface area contributed by atoms with Gasteiger partial charge in [0.25, 0.3) is 0 Å². The third kappa shape index (κ3) is 9.59. The highest BCUT2D eigenvalue weighted by atomic mass is 127. The van der Waals surface area contributed by atoms with E-state index in [1.54, 1.807) is 13.1 Å². The fraction of sp³-hybridized carbons (Fsp3) is 0.474. The van der Waals surface area contributed by atoms with Gasteiger partial charge in [-0.2, -0.15) is 5.10 Å². The van der Waals surface area contributed by atoms with E-state index in [0.717, 1.165) is 31.2 Å². The first-order valence-corrected chi connectivity index (χ1v) is 11.3. The summed E-state index contributed by atoms with van der Waals surface area (Å²) in [6.45, 7) is 6.13. The highest BCUT2D eigenvalue weighted by molar-refractivity contribution is 14.0. The second-order valence-electron chi connectivity index (χ2n) is 6.21. The molecule has 3 N–H and O–H groups in total. The maximum absolute atomic E-state index is 11.4. The molecule has 0 fully saturated rings. The number of halogens is 1. The number of benzene rings is 1. The molecule has 0 bridgehead atoms. The third-order valence-electron chi connectivity index (χ3n) is 4.06. The van der Waals surface area contributed by atoms with Crippen LogP contribution in [0.25, 0.3) is 5.69 Å². The first kappa shape index (κ1) is 25.4. The van der Waals surface area contributed by atoms with Gasteiger partial charge in [0.2, 0.25) is 10.0 Å². The van der Waals surface area contributed by atoms with E-state index in [4.69, 9.17) is 0 Å². The van der Waals surface area contributed by atoms with Crippen LogP contribution in [-0.2, 0) is 16.4 Å². The number of nitrogens with zero attached hydrogens (tertiary/aromatic N) is 3. The Morgan fingerprint density at radius 2 is 1.90 bits per heavy atom. The van der Waals surface area contributed by atoms with Crippen LogP contribution in [0.5, 0.6) is 0 Å². The summed E-state index contributed by atoms with van der Waals surface area (Å²) in [7, 11) is -3.13. The molecule has 0 amide bonds. The van der Waals surface area contributed by atoms with Gasteiger partial charge in [0.1, 0.15) is 0 Å². The minimum Gasteiger partial charge on any atom is -0.357 e. The number of nitrogens with one attached hydrogen (secondary N) is 3. The second-order valence-corrected chi connectivity index (χ2v) is 8.30. The van der Waals surface area contributed by atoms with Gasteiger partial charge < -0.3 is 10.6 Å². The van der Waals surface area contributed by atoms with Gasteiger partial charge in [0, 0.05) is 38.6 Å². The quantitative estimate of drug-likeness (QED) is 0.177. The van der Waals surface area contributed by atoms with Crippen LogP contribution in [0.15, 0.2) is 47.7 Å². The van der Waals surface area contributed by atoms with Crippen LogP contribution < -0.4 is 15.4 Å². The molecular weight excluding hydrogens is 503 g/mol. The molecule has 8 nitrogen and oxygen atoms in total. The molecule has 1 aromatic heterocycles. The monoisotopic (exact) mass is 534 g/mol. The lowest BCUT2D eigenvalue weighted by atomic mass is 10.1. The lowest BCUT2D eigenvalue weighted by Gasteiger charge is -2.11. The largest absolute Gasteiger partial charge is 0.357 e. The zero-order chi connectivity index (χ0) is 20.2. The standard InChI is InChI=1S/C19H30N6O2S.HI/c1-3-20-19(21-12-5-14-24-28(26,27)4-2)22-15-11-17-7-9-18(10-8-17)25-16-6-13-23-25;/h6-10,13,16,24H,3-5,11-12,14-15H2,1-2H3,(H2,20,21,22);1H. The van der Waals surface area contributed by atoms with Crippen molar-refractivity contribution < 1.29 is 8.42 Å². The van der Waals surface area contributed by atoms with E-state index in [1.807, 2.05) is 23.9 Å². The van der Waals surface area contributed by atoms with Crippen LogP contribution in [0.3, 0.4) is 0 Å². The van der Waals surface area contributed by atoms with E-state index in [0.29, 0.717) is 19.5 Å². The van der Waals surface area contributed by atoms with Crippen LogP contribution in [0, 0.1) is 0 Å². The molecule has 1 aromatic carbocycles. The molecule has 0 saturated carbocycles. The minimum atomic E-state index is -3.13. The van der Waals surface area contributed by atoms with E-state index in [9.17, 15) is 8.42 Å². The summed E-state index contributed by atoms with van der Waals surface area (Å²) in [6.07, 6.45) is 5.21. The normalized spacial score (nSPS) is 11.7. The summed E-state index contributed by atoms with van der Waals surface area (Å²) in [5.74, 6) is 0.845. The summed E-state index contributed by atoms with van der Waals surface area (Å²) in [4.78, 5) is 4.49. The van der Waals surface area contributed by atoms with E-state index in [1.165, 1.54) is 5.56 Å². The smallest absolute Gasteiger partial charge is 0.211 e. The molecule has 0 saturated heterocycles. The SMILES string of the molecule is CCNC(=NCCCNS(=O)(=O)CC)NCCc1ccc(-n2cccn2)cc1.I. The van der Waals surface area contributed by atoms with E-state index >= 15 is 0 Å². The van der Waals surface area contributed by atoms with E-state index in [-0.39, 0.29) is 29.7 Å². The maximum Gasteiger partial charge on any atom is 0.211 e. The fourth-order valence-electron chi connectivity index (χ4n) is 2.50. The summed E-state index contributed by atoms with van der Waals surface area (Å²) in [6, 6.07) is 10.2. The highest BCUT2D eigenvalue weighted by Gasteiger charge is 2.04. The van der Waals surface area contributed by atoms with Crippen molar-refractivity contribution in [3.8, 4) is 5.69 Å². The topological polar surface area (TPSA) is 100 Å². The van der Waals surface area contributed by atoms with E-state index < -0.39 is 10.0 Å². The molecule has 1 heterocycles. The van der Waals surface area contributed by atoms with Crippen molar-refractivity contribution in [2.24, 2.45) is 4.99 Å². The van der Waals surface area contributed by atoms with Gasteiger partial charge in [-0.15, -0.1) is 24.0 Å². The van der Waals surface area contributed by atoms with Crippen molar-refractivity contribution in [1.29, 1.82) is 0 Å². The second kappa shape index (κ2) is 13.5. The van der Waals surface area contributed by atoms with Gasteiger partial charge >= 0.3 is 0 Å². The Labute approximate surface area is 190 Å². The third-order valence-corrected chi connectivity index (χ3v) is 5.47. The molecule has 0 aliphatic rings. The fourth-order valence-corrected chi connectivity index (χ4v) is 3.16. The molecule has 0 unspecified atom stereocenters. The molecule has 0 spiro atoms. The van der Waals surface area contributed by atoms with E-state index in [2.05, 4.69) is 49.7 Å². The number of guanidine groups is 1. The number of aromatic nitrogens is 2. The molecule has 0 aliphatic heterocycles. The molecule has 29 heavy (non-hydrogen) atoms. The van der Waals surface area contributed by atoms with Gasteiger partial charge in [0.15, 0.2) is 5.96 Å². The Hall–Kier alpha value is -1.66. The molecule has 162 valence electrons. The molecular formula is C19H31IN6O2S. The number of hydrogen-bond acceptors (Lipinski definition) is 4. The zero-order valence-electron chi connectivity index (χ0n) is 17.0. The predicted molar refractivity (Wildman–Crippen MR) is 129 cm³/mol. The van der Waals surface area contributed by atoms with Crippen LogP contribution in [0.1, 0.15) is 25.8 Å². The summed E-state index contributed by atoms with van der Waals surface area (Å²) >= 11 is 0. The lowest BCUT2D eigenvalue weighted by molar-refractivity contribution is 0.581. The van der Waals surface area contributed by atoms with Gasteiger partial charge in [-0.25, -0.2) is 17.8 Å². The Morgan fingerprint density at radius 1 is 1.14 bits per heavy atom. The first-order valence-electron chi connectivity index (χ1n) is 9.62. The van der Waals surface area contributed by atoms with Crippen LogP contribution in [0.4, 0.5) is 0 Å². The summed E-state index contributed by atoms with van der Waals surface area (Å²) in [5, 5.41) is 10.7. The Balaban J connectivity index is 0.00000420. The first-order chi connectivity index (χ1) is 13.5. The molecule has 10 heteroatoms. The van der Waals surface area contributed by atoms with Gasteiger partial charge in [0.05, 0.1) is 11.4 Å². The molecule has 0 radical (unpaired) electrons. The minimum absolute atomic E-state index is 0. The van der Waals surface area contributed by atoms with Crippen molar-refractivity contribution in [3.05, 3.63) is 48.3 Å². The van der Waals surface area contributed by atoms with Gasteiger partial charge in [-0.1, -0.05) is 12.1 Å². The predicted octanol–water partition coefficient (Wildman–Crippen LogP) is 1.92. The van der Waals surface area contributed by atoms with Crippen molar-refractivity contribution in [1.82, 2.24) is 25.1 Å². The van der Waals surface area contributed by atoms with Crippen molar-refractivity contribution in [3.63, 3.8) is 0 Å². The molecule has 0 atom stereocenters. The highest BCUT2D eigenvalue weighted by Crippen LogP contribution is 2.08. The van der Waals surface area contributed by atoms with Crippen molar-refractivity contribution in [2.75, 3.05) is 31.9 Å². The Bertz CT molecular complexity index is 823. The Morgan fingerprint density at radius 3 is 2.52 bits per heavy atom. The number of aliphatic imine (C=N–C) groups is 1. The lowest BCUT2D eigenvalue weighted by Crippen LogP contribution is -2.38. The summed E-state index contributed by atoms with van der Waals surface area (Å²) < 4.78 is 27.2. The molecule has 0 aliphatic carbocycles. The zero-order valence-corrected chi connectivity index (χ0v) is 20.1. The van der Waals surface area contributed by atoms with Crippen LogP contribution in [0.2, 0.25) is 0 Å². The number of sulfonamides is 1. The van der Waals surface area contributed by atoms with Gasteiger partial charge in [-0.3, -0.25) is 4.99 Å². The number of rotatable bonds is 11. The maximum atomic E-state index is 11.4. The van der Waals surface area contributed by atoms with Crippen molar-refractivity contribution >= 4 is 40.0 Å². The molecule has 2 aromatic rings. The van der Waals surface area contributed by atoms with Crippen LogP contribution >= 0.6 is 24.0 Å². The average Bonchev–Trinajstić information content (AvgIpc) is 3.23.